The molecule has 0 bridgehead atoms. The summed E-state index contributed by atoms with van der Waals surface area (Å²) in [6.07, 6.45) is 6.69. The number of aliphatic carboxylic acids is 1. The molecule has 1 saturated heterocycles. The first-order valence-electron chi connectivity index (χ1n) is 7.80. The zero-order valence-corrected chi connectivity index (χ0v) is 12.5. The minimum Gasteiger partial charge on any atom is -0.480 e. The summed E-state index contributed by atoms with van der Waals surface area (Å²) >= 11 is 0. The highest BCUT2D eigenvalue weighted by atomic mass is 16.4. The molecule has 0 unspecified atom stereocenters. The Morgan fingerprint density at radius 1 is 1.40 bits per heavy atom. The highest BCUT2D eigenvalue weighted by molar-refractivity contribution is 6.00. The average Bonchev–Trinajstić information content (AvgIpc) is 2.93. The van der Waals surface area contributed by atoms with Gasteiger partial charge in [-0.3, -0.25) is 14.5 Å². The van der Waals surface area contributed by atoms with Gasteiger partial charge in [0.2, 0.25) is 0 Å². The highest BCUT2D eigenvalue weighted by Crippen LogP contribution is 2.37. The second-order valence-electron chi connectivity index (χ2n) is 6.03. The van der Waals surface area contributed by atoms with Gasteiger partial charge in [0.25, 0.3) is 0 Å². The van der Waals surface area contributed by atoms with Gasteiger partial charge in [-0.1, -0.05) is 32.8 Å². The van der Waals surface area contributed by atoms with Crippen LogP contribution in [0.3, 0.4) is 0 Å². The van der Waals surface area contributed by atoms with Gasteiger partial charge in [0.1, 0.15) is 6.04 Å². The summed E-state index contributed by atoms with van der Waals surface area (Å²) in [7, 11) is 0. The first-order valence-corrected chi connectivity index (χ1v) is 7.80. The normalized spacial score (nSPS) is 27.5. The number of nitrogens with zero attached hydrogens (tertiary/aromatic N) is 1. The van der Waals surface area contributed by atoms with Crippen LogP contribution in [0.1, 0.15) is 46.0 Å². The Bertz CT molecular complexity index is 416. The Labute approximate surface area is 120 Å². The molecule has 1 fully saturated rings. The number of carboxylic acids is 1. The first kappa shape index (κ1) is 15.2. The number of hydrogen-bond donors (Lipinski definition) is 1. The van der Waals surface area contributed by atoms with Crippen molar-refractivity contribution in [3.05, 3.63) is 11.6 Å². The number of hydrogen-bond acceptors (Lipinski definition) is 3. The molecule has 112 valence electrons. The minimum absolute atomic E-state index is 0.0144. The van der Waals surface area contributed by atoms with E-state index in [2.05, 4.69) is 13.0 Å². The SMILES string of the molecule is CCCCC1=C[C@@H]2CN([C@@H](CCC)C(=O)O)C[C@@H]2C1=O. The van der Waals surface area contributed by atoms with Gasteiger partial charge in [-0.25, -0.2) is 0 Å². The maximum Gasteiger partial charge on any atom is 0.320 e. The van der Waals surface area contributed by atoms with E-state index in [4.69, 9.17) is 0 Å². The van der Waals surface area contributed by atoms with Crippen molar-refractivity contribution in [2.45, 2.75) is 52.0 Å². The zero-order chi connectivity index (χ0) is 14.7. The van der Waals surface area contributed by atoms with E-state index in [-0.39, 0.29) is 17.6 Å². The summed E-state index contributed by atoms with van der Waals surface area (Å²) in [5, 5.41) is 9.32. The topological polar surface area (TPSA) is 57.6 Å². The summed E-state index contributed by atoms with van der Waals surface area (Å²) in [6, 6.07) is -0.425. The molecular weight excluding hydrogens is 254 g/mol. The molecule has 3 atom stereocenters. The number of rotatable bonds is 7. The van der Waals surface area contributed by atoms with Crippen molar-refractivity contribution in [1.29, 1.82) is 0 Å². The van der Waals surface area contributed by atoms with Crippen molar-refractivity contribution in [1.82, 2.24) is 4.90 Å². The monoisotopic (exact) mass is 279 g/mol. The second-order valence-corrected chi connectivity index (χ2v) is 6.03. The van der Waals surface area contributed by atoms with Crippen molar-refractivity contribution in [3.8, 4) is 0 Å². The van der Waals surface area contributed by atoms with E-state index in [9.17, 15) is 14.7 Å². The molecule has 4 heteroatoms. The number of carboxylic acid groups (broad SMARTS) is 1. The van der Waals surface area contributed by atoms with E-state index >= 15 is 0 Å². The molecule has 20 heavy (non-hydrogen) atoms. The minimum atomic E-state index is -0.755. The highest BCUT2D eigenvalue weighted by Gasteiger charge is 2.44. The van der Waals surface area contributed by atoms with E-state index in [1.165, 1.54) is 0 Å². The summed E-state index contributed by atoms with van der Waals surface area (Å²) in [5.74, 6) is -0.227. The molecule has 1 aliphatic carbocycles. The molecular formula is C16H25NO3. The molecule has 2 aliphatic rings. The largest absolute Gasteiger partial charge is 0.480 e. The number of allylic oxidation sites excluding steroid dienone is 1. The fourth-order valence-electron chi connectivity index (χ4n) is 3.45. The van der Waals surface area contributed by atoms with Gasteiger partial charge in [-0.15, -0.1) is 0 Å². The average molecular weight is 279 g/mol. The molecule has 0 radical (unpaired) electrons. The van der Waals surface area contributed by atoms with Crippen molar-refractivity contribution < 1.29 is 14.7 Å². The van der Waals surface area contributed by atoms with Crippen LogP contribution in [-0.2, 0) is 9.59 Å². The van der Waals surface area contributed by atoms with Crippen molar-refractivity contribution in [2.24, 2.45) is 11.8 Å². The molecule has 0 amide bonds. The lowest BCUT2D eigenvalue weighted by Gasteiger charge is -2.24. The Hall–Kier alpha value is -1.16. The standard InChI is InChI=1S/C16H25NO3/c1-3-5-7-11-8-12-9-17(10-13(12)15(11)18)14(6-4-2)16(19)20/h8,12-14H,3-7,9-10H2,1-2H3,(H,19,20)/t12-,13+,14+/m1/s1. The van der Waals surface area contributed by atoms with Crippen LogP contribution >= 0.6 is 0 Å². The van der Waals surface area contributed by atoms with Gasteiger partial charge in [-0.05, 0) is 24.8 Å². The van der Waals surface area contributed by atoms with Crippen LogP contribution in [0.15, 0.2) is 11.6 Å². The third kappa shape index (κ3) is 2.95. The van der Waals surface area contributed by atoms with Crippen LogP contribution in [0.5, 0.6) is 0 Å². The summed E-state index contributed by atoms with van der Waals surface area (Å²) in [6.45, 7) is 5.47. The van der Waals surface area contributed by atoms with Crippen molar-refractivity contribution in [2.75, 3.05) is 13.1 Å². The number of carbonyl (C=O) groups is 2. The Kier molecular flexibility index (Phi) is 4.97. The zero-order valence-electron chi connectivity index (χ0n) is 12.5. The molecule has 2 rings (SSSR count). The molecule has 1 aliphatic heterocycles. The van der Waals surface area contributed by atoms with Gasteiger partial charge in [0.15, 0.2) is 5.78 Å². The third-order valence-electron chi connectivity index (χ3n) is 4.55. The van der Waals surface area contributed by atoms with Crippen LogP contribution < -0.4 is 0 Å². The number of carbonyl (C=O) groups excluding carboxylic acids is 1. The molecule has 0 aromatic heterocycles. The molecule has 0 aromatic rings. The van der Waals surface area contributed by atoms with Crippen LogP contribution in [0.25, 0.3) is 0 Å². The Balaban J connectivity index is 2.01. The van der Waals surface area contributed by atoms with Crippen molar-refractivity contribution in [3.63, 3.8) is 0 Å². The Morgan fingerprint density at radius 2 is 2.15 bits per heavy atom. The quantitative estimate of drug-likeness (QED) is 0.778. The first-order chi connectivity index (χ1) is 9.58. The van der Waals surface area contributed by atoms with Gasteiger partial charge < -0.3 is 5.11 Å². The molecule has 0 saturated carbocycles. The lowest BCUT2D eigenvalue weighted by atomic mass is 9.97. The fraction of sp³-hybridized carbons (Fsp3) is 0.750. The van der Waals surface area contributed by atoms with Crippen LogP contribution in [-0.4, -0.2) is 40.9 Å². The van der Waals surface area contributed by atoms with E-state index in [0.29, 0.717) is 13.0 Å². The number of Topliss-reactive ketones (excluding diaryl/α,β-unsaturated/α-hetero) is 1. The predicted molar refractivity (Wildman–Crippen MR) is 77.5 cm³/mol. The third-order valence-corrected chi connectivity index (χ3v) is 4.55. The van der Waals surface area contributed by atoms with Gasteiger partial charge in [0.05, 0.1) is 0 Å². The molecule has 1 heterocycles. The fourth-order valence-corrected chi connectivity index (χ4v) is 3.45. The van der Waals surface area contributed by atoms with Crippen LogP contribution in [0.2, 0.25) is 0 Å². The van der Waals surface area contributed by atoms with Crippen LogP contribution in [0, 0.1) is 11.8 Å². The van der Waals surface area contributed by atoms with E-state index in [1.807, 2.05) is 11.8 Å². The summed E-state index contributed by atoms with van der Waals surface area (Å²) in [5.41, 5.74) is 0.990. The molecule has 4 nitrogen and oxygen atoms in total. The molecule has 1 N–H and O–H groups in total. The van der Waals surface area contributed by atoms with Crippen LogP contribution in [0.4, 0.5) is 0 Å². The Morgan fingerprint density at radius 3 is 2.70 bits per heavy atom. The predicted octanol–water partition coefficient (Wildman–Crippen LogP) is 2.49. The number of ketones is 1. The lowest BCUT2D eigenvalue weighted by Crippen LogP contribution is -2.40. The van der Waals surface area contributed by atoms with E-state index in [1.54, 1.807) is 0 Å². The van der Waals surface area contributed by atoms with E-state index in [0.717, 1.165) is 37.8 Å². The van der Waals surface area contributed by atoms with Crippen molar-refractivity contribution >= 4 is 11.8 Å². The van der Waals surface area contributed by atoms with Gasteiger partial charge in [0, 0.05) is 24.9 Å². The summed E-state index contributed by atoms with van der Waals surface area (Å²) < 4.78 is 0. The molecule has 0 aromatic carbocycles. The lowest BCUT2D eigenvalue weighted by molar-refractivity contribution is -0.143. The molecule has 0 spiro atoms. The van der Waals surface area contributed by atoms with Gasteiger partial charge in [-0.2, -0.15) is 0 Å². The number of likely N-dealkylation sites (tertiary alicyclic amines) is 1. The van der Waals surface area contributed by atoms with E-state index < -0.39 is 12.0 Å². The number of fused-ring (bicyclic) bond motifs is 1. The second kappa shape index (κ2) is 6.53. The maximum absolute atomic E-state index is 12.3. The number of unbranched alkanes of at least 4 members (excludes halogenated alkanes) is 1. The van der Waals surface area contributed by atoms with Gasteiger partial charge >= 0.3 is 5.97 Å². The smallest absolute Gasteiger partial charge is 0.320 e. The summed E-state index contributed by atoms with van der Waals surface area (Å²) in [4.78, 5) is 25.7. The maximum atomic E-state index is 12.3.